The minimum atomic E-state index is -0.380. The van der Waals surface area contributed by atoms with Gasteiger partial charge in [0.2, 0.25) is 0 Å². The lowest BCUT2D eigenvalue weighted by Gasteiger charge is -1.96. The first-order chi connectivity index (χ1) is 8.70. The number of esters is 1. The minimum Gasteiger partial charge on any atom is -0.463 e. The summed E-state index contributed by atoms with van der Waals surface area (Å²) in [6.45, 7) is 4.29. The Kier molecular flexibility index (Phi) is 11.2. The van der Waals surface area contributed by atoms with Gasteiger partial charge < -0.3 is 4.74 Å². The summed E-state index contributed by atoms with van der Waals surface area (Å²) in [6.07, 6.45) is 12.3. The molecule has 0 fully saturated rings. The molecule has 0 heterocycles. The van der Waals surface area contributed by atoms with Crippen LogP contribution in [0.25, 0.3) is 0 Å². The molecule has 0 amide bonds. The highest BCUT2D eigenvalue weighted by Gasteiger charge is 1.96. The van der Waals surface area contributed by atoms with Gasteiger partial charge in [-0.25, -0.2) is 4.79 Å². The number of hydrogen-bond donors (Lipinski definition) is 0. The van der Waals surface area contributed by atoms with Crippen LogP contribution in [0.1, 0.15) is 52.4 Å². The van der Waals surface area contributed by atoms with E-state index in [1.165, 1.54) is 37.5 Å². The molecule has 0 saturated carbocycles. The second-order valence-corrected chi connectivity index (χ2v) is 4.10. The molecule has 0 aromatic carbocycles. The van der Waals surface area contributed by atoms with E-state index in [2.05, 4.69) is 6.92 Å². The van der Waals surface area contributed by atoms with E-state index >= 15 is 0 Å². The molecule has 0 radical (unpaired) electrons. The molecule has 0 aliphatic carbocycles. The molecule has 0 aliphatic rings. The Hall–Kier alpha value is -1.38. The molecule has 3 heteroatoms. The van der Waals surface area contributed by atoms with Crippen molar-refractivity contribution >= 4 is 11.8 Å². The Morgan fingerprint density at radius 1 is 0.944 bits per heavy atom. The standard InChI is InChI=1S/C15H24O3/c1-3-5-6-7-8-11-14(16)12-9-10-13-15(17)18-4-2/h9-10,12-13H,3-8,11H2,1-2H3/b12-9+,13-10+. The third-order valence-corrected chi connectivity index (χ3v) is 2.44. The summed E-state index contributed by atoms with van der Waals surface area (Å²) >= 11 is 0. The molecule has 0 aromatic heterocycles. The molecule has 0 rings (SSSR count). The summed E-state index contributed by atoms with van der Waals surface area (Å²) in [4.78, 5) is 22.3. The molecule has 0 spiro atoms. The lowest BCUT2D eigenvalue weighted by atomic mass is 10.1. The third kappa shape index (κ3) is 11.1. The van der Waals surface area contributed by atoms with Gasteiger partial charge in [0, 0.05) is 12.5 Å². The Balaban J connectivity index is 3.64. The average molecular weight is 252 g/mol. The second-order valence-electron chi connectivity index (χ2n) is 4.10. The van der Waals surface area contributed by atoms with Crippen molar-refractivity contribution in [2.45, 2.75) is 52.4 Å². The predicted octanol–water partition coefficient (Wildman–Crippen LogP) is 3.59. The van der Waals surface area contributed by atoms with Crippen molar-refractivity contribution in [1.82, 2.24) is 0 Å². The van der Waals surface area contributed by atoms with Gasteiger partial charge in [0.1, 0.15) is 0 Å². The maximum absolute atomic E-state index is 11.4. The summed E-state index contributed by atoms with van der Waals surface area (Å²) in [5.41, 5.74) is 0. The first kappa shape index (κ1) is 16.6. The monoisotopic (exact) mass is 252 g/mol. The smallest absolute Gasteiger partial charge is 0.330 e. The average Bonchev–Trinajstić information content (AvgIpc) is 2.35. The predicted molar refractivity (Wildman–Crippen MR) is 73.3 cm³/mol. The van der Waals surface area contributed by atoms with Gasteiger partial charge in [0.15, 0.2) is 5.78 Å². The van der Waals surface area contributed by atoms with Crippen LogP contribution in [0.4, 0.5) is 0 Å². The topological polar surface area (TPSA) is 43.4 Å². The first-order valence-electron chi connectivity index (χ1n) is 6.75. The number of allylic oxidation sites excluding steroid dienone is 3. The zero-order chi connectivity index (χ0) is 13.6. The molecule has 0 N–H and O–H groups in total. The van der Waals surface area contributed by atoms with Gasteiger partial charge in [-0.2, -0.15) is 0 Å². The van der Waals surface area contributed by atoms with Crippen LogP contribution in [-0.2, 0) is 14.3 Å². The van der Waals surface area contributed by atoms with Gasteiger partial charge in [-0.15, -0.1) is 0 Å². The van der Waals surface area contributed by atoms with E-state index in [-0.39, 0.29) is 11.8 Å². The zero-order valence-corrected chi connectivity index (χ0v) is 11.5. The van der Waals surface area contributed by atoms with Crippen LogP contribution in [-0.4, -0.2) is 18.4 Å². The number of ether oxygens (including phenoxy) is 1. The number of unbranched alkanes of at least 4 members (excludes halogenated alkanes) is 4. The van der Waals surface area contributed by atoms with Gasteiger partial charge in [0.25, 0.3) is 0 Å². The van der Waals surface area contributed by atoms with E-state index in [1.807, 2.05) is 0 Å². The van der Waals surface area contributed by atoms with E-state index < -0.39 is 0 Å². The maximum atomic E-state index is 11.4. The SMILES string of the molecule is CCCCCCCC(=O)/C=C/C=C/C(=O)OCC. The molecule has 0 bridgehead atoms. The van der Waals surface area contributed by atoms with E-state index in [4.69, 9.17) is 4.74 Å². The Bertz CT molecular complexity index is 290. The summed E-state index contributed by atoms with van der Waals surface area (Å²) in [5, 5.41) is 0. The van der Waals surface area contributed by atoms with Crippen molar-refractivity contribution in [3.8, 4) is 0 Å². The molecular weight excluding hydrogens is 228 g/mol. The van der Waals surface area contributed by atoms with Crippen molar-refractivity contribution in [3.05, 3.63) is 24.3 Å². The summed E-state index contributed by atoms with van der Waals surface area (Å²) in [7, 11) is 0. The molecule has 0 unspecified atom stereocenters. The quantitative estimate of drug-likeness (QED) is 0.258. The molecule has 0 atom stereocenters. The molecule has 0 saturated heterocycles. The highest BCUT2D eigenvalue weighted by atomic mass is 16.5. The van der Waals surface area contributed by atoms with Crippen LogP contribution < -0.4 is 0 Å². The van der Waals surface area contributed by atoms with Crippen molar-refractivity contribution in [1.29, 1.82) is 0 Å². The van der Waals surface area contributed by atoms with Gasteiger partial charge in [-0.1, -0.05) is 44.8 Å². The first-order valence-corrected chi connectivity index (χ1v) is 6.75. The Labute approximate surface area is 110 Å². The molecule has 102 valence electrons. The summed E-state index contributed by atoms with van der Waals surface area (Å²) in [6, 6.07) is 0. The van der Waals surface area contributed by atoms with E-state index in [1.54, 1.807) is 13.0 Å². The highest BCUT2D eigenvalue weighted by molar-refractivity contribution is 5.90. The van der Waals surface area contributed by atoms with E-state index in [9.17, 15) is 9.59 Å². The van der Waals surface area contributed by atoms with Gasteiger partial charge in [0.05, 0.1) is 6.61 Å². The fourth-order valence-corrected chi connectivity index (χ4v) is 1.47. The number of hydrogen-bond acceptors (Lipinski definition) is 3. The largest absolute Gasteiger partial charge is 0.463 e. The van der Waals surface area contributed by atoms with Gasteiger partial charge in [-0.3, -0.25) is 4.79 Å². The van der Waals surface area contributed by atoms with Crippen molar-refractivity contribution in [2.24, 2.45) is 0 Å². The van der Waals surface area contributed by atoms with Crippen LogP contribution >= 0.6 is 0 Å². The van der Waals surface area contributed by atoms with E-state index in [0.29, 0.717) is 13.0 Å². The molecule has 0 aliphatic heterocycles. The fourth-order valence-electron chi connectivity index (χ4n) is 1.47. The molecule has 3 nitrogen and oxygen atoms in total. The fraction of sp³-hybridized carbons (Fsp3) is 0.600. The van der Waals surface area contributed by atoms with Crippen molar-refractivity contribution in [2.75, 3.05) is 6.61 Å². The van der Waals surface area contributed by atoms with Crippen LogP contribution in [0.2, 0.25) is 0 Å². The second kappa shape index (κ2) is 12.1. The number of carbonyl (C=O) groups excluding carboxylic acids is 2. The van der Waals surface area contributed by atoms with Crippen LogP contribution in [0.5, 0.6) is 0 Å². The zero-order valence-electron chi connectivity index (χ0n) is 11.5. The van der Waals surface area contributed by atoms with Gasteiger partial charge in [-0.05, 0) is 19.4 Å². The summed E-state index contributed by atoms with van der Waals surface area (Å²) in [5.74, 6) is -0.269. The number of ketones is 1. The third-order valence-electron chi connectivity index (χ3n) is 2.44. The molecule has 18 heavy (non-hydrogen) atoms. The van der Waals surface area contributed by atoms with Crippen LogP contribution in [0.15, 0.2) is 24.3 Å². The minimum absolute atomic E-state index is 0.111. The maximum Gasteiger partial charge on any atom is 0.330 e. The van der Waals surface area contributed by atoms with Crippen LogP contribution in [0, 0.1) is 0 Å². The number of carbonyl (C=O) groups is 2. The summed E-state index contributed by atoms with van der Waals surface area (Å²) < 4.78 is 4.71. The van der Waals surface area contributed by atoms with Gasteiger partial charge >= 0.3 is 5.97 Å². The lowest BCUT2D eigenvalue weighted by molar-refractivity contribution is -0.137. The normalized spacial score (nSPS) is 11.2. The van der Waals surface area contributed by atoms with Crippen LogP contribution in [0.3, 0.4) is 0 Å². The van der Waals surface area contributed by atoms with Crippen molar-refractivity contribution < 1.29 is 14.3 Å². The Morgan fingerprint density at radius 2 is 1.61 bits per heavy atom. The Morgan fingerprint density at radius 3 is 2.28 bits per heavy atom. The van der Waals surface area contributed by atoms with E-state index in [0.717, 1.165) is 12.8 Å². The number of rotatable bonds is 10. The molecular formula is C15H24O3. The lowest BCUT2D eigenvalue weighted by Crippen LogP contribution is -1.98. The highest BCUT2D eigenvalue weighted by Crippen LogP contribution is 2.05. The van der Waals surface area contributed by atoms with Crippen molar-refractivity contribution in [3.63, 3.8) is 0 Å². The molecule has 0 aromatic rings.